The maximum Gasteiger partial charge on any atom is 0.269 e. The second-order valence-electron chi connectivity index (χ2n) is 6.23. The Kier molecular flexibility index (Phi) is 4.13. The molecular weight excluding hydrogens is 334 g/mol. The molecule has 0 spiro atoms. The topological polar surface area (TPSA) is 55.2 Å². The summed E-state index contributed by atoms with van der Waals surface area (Å²) in [6, 6.07) is 9.65. The molecule has 0 aliphatic carbocycles. The van der Waals surface area contributed by atoms with E-state index < -0.39 is 0 Å². The largest absolute Gasteiger partial charge is 0.334 e. The van der Waals surface area contributed by atoms with Crippen LogP contribution in [0.15, 0.2) is 46.7 Å². The van der Waals surface area contributed by atoms with Crippen LogP contribution in [0.2, 0.25) is 0 Å². The van der Waals surface area contributed by atoms with Gasteiger partial charge in [-0.15, -0.1) is 11.3 Å². The predicted molar refractivity (Wildman–Crippen MR) is 98.8 cm³/mol. The van der Waals surface area contributed by atoms with E-state index in [0.29, 0.717) is 12.1 Å². The van der Waals surface area contributed by atoms with Gasteiger partial charge in [-0.1, -0.05) is 19.1 Å². The third kappa shape index (κ3) is 2.76. The maximum atomic E-state index is 13.0. The van der Waals surface area contributed by atoms with Gasteiger partial charge in [0.05, 0.1) is 23.3 Å². The highest BCUT2D eigenvalue weighted by Gasteiger charge is 2.30. The van der Waals surface area contributed by atoms with Crippen LogP contribution in [0.5, 0.6) is 0 Å². The van der Waals surface area contributed by atoms with Gasteiger partial charge in [-0.05, 0) is 42.0 Å². The molecule has 0 saturated heterocycles. The molecule has 6 heteroatoms. The molecule has 1 atom stereocenters. The average Bonchev–Trinajstić information content (AvgIpc) is 3.12. The zero-order chi connectivity index (χ0) is 17.4. The summed E-state index contributed by atoms with van der Waals surface area (Å²) < 4.78 is 1.53. The van der Waals surface area contributed by atoms with E-state index in [1.807, 2.05) is 29.2 Å². The van der Waals surface area contributed by atoms with Crippen LogP contribution >= 0.6 is 11.3 Å². The first kappa shape index (κ1) is 16.0. The highest BCUT2D eigenvalue weighted by Crippen LogP contribution is 2.35. The molecule has 3 aromatic rings. The van der Waals surface area contributed by atoms with Gasteiger partial charge < -0.3 is 4.90 Å². The van der Waals surface area contributed by atoms with E-state index in [1.165, 1.54) is 21.2 Å². The first-order chi connectivity index (χ1) is 12.2. The van der Waals surface area contributed by atoms with Crippen molar-refractivity contribution in [3.8, 4) is 0 Å². The van der Waals surface area contributed by atoms with E-state index in [1.54, 1.807) is 11.3 Å². The highest BCUT2D eigenvalue weighted by molar-refractivity contribution is 7.10. The lowest BCUT2D eigenvalue weighted by Crippen LogP contribution is -2.42. The first-order valence-electron chi connectivity index (χ1n) is 8.49. The minimum atomic E-state index is -0.242. The molecule has 0 radical (unpaired) electrons. The van der Waals surface area contributed by atoms with Crippen LogP contribution in [0.25, 0.3) is 11.0 Å². The number of nitrogens with zero attached hydrogens (tertiary/aromatic N) is 3. The van der Waals surface area contributed by atoms with Gasteiger partial charge in [0.1, 0.15) is 6.54 Å². The normalized spacial score (nSPS) is 16.8. The summed E-state index contributed by atoms with van der Waals surface area (Å²) in [6.07, 6.45) is 3.06. The second-order valence-corrected chi connectivity index (χ2v) is 7.23. The van der Waals surface area contributed by atoms with Crippen molar-refractivity contribution in [3.63, 3.8) is 0 Å². The molecule has 0 fully saturated rings. The standard InChI is InChI=1S/C19H19N3O2S/c1-2-15-13-8-10-25-17(13)7-9-21(15)19(24)12-22-16-6-4-3-5-14(16)20-11-18(22)23/h3-6,8,10-11,15H,2,7,9,12H2,1H3. The molecule has 3 heterocycles. The van der Waals surface area contributed by atoms with E-state index in [-0.39, 0.29) is 24.1 Å². The molecule has 0 N–H and O–H groups in total. The Bertz CT molecular complexity index is 991. The van der Waals surface area contributed by atoms with Crippen LogP contribution in [0.4, 0.5) is 0 Å². The fourth-order valence-electron chi connectivity index (χ4n) is 3.64. The van der Waals surface area contributed by atoms with E-state index in [0.717, 1.165) is 18.4 Å². The van der Waals surface area contributed by atoms with E-state index in [4.69, 9.17) is 0 Å². The summed E-state index contributed by atoms with van der Waals surface area (Å²) in [4.78, 5) is 32.8. The summed E-state index contributed by atoms with van der Waals surface area (Å²) in [5.74, 6) is -0.0119. The molecule has 128 valence electrons. The molecule has 5 nitrogen and oxygen atoms in total. The quantitative estimate of drug-likeness (QED) is 0.727. The number of carbonyl (C=O) groups excluding carboxylic acids is 1. The monoisotopic (exact) mass is 353 g/mol. The third-order valence-corrected chi connectivity index (χ3v) is 5.84. The van der Waals surface area contributed by atoms with Gasteiger partial charge in [0, 0.05) is 11.4 Å². The maximum absolute atomic E-state index is 13.0. The molecule has 1 aliphatic rings. The van der Waals surface area contributed by atoms with Gasteiger partial charge in [0.25, 0.3) is 5.56 Å². The van der Waals surface area contributed by atoms with Gasteiger partial charge in [0.15, 0.2) is 0 Å². The second kappa shape index (κ2) is 6.44. The number of hydrogen-bond donors (Lipinski definition) is 0. The summed E-state index contributed by atoms with van der Waals surface area (Å²) in [5.41, 5.74) is 2.44. The Labute approximate surface area is 149 Å². The van der Waals surface area contributed by atoms with E-state index in [9.17, 15) is 9.59 Å². The van der Waals surface area contributed by atoms with Crippen molar-refractivity contribution in [1.82, 2.24) is 14.5 Å². The van der Waals surface area contributed by atoms with Gasteiger partial charge in [-0.25, -0.2) is 4.98 Å². The number of para-hydroxylation sites is 2. The van der Waals surface area contributed by atoms with E-state index in [2.05, 4.69) is 23.4 Å². The Morgan fingerprint density at radius 1 is 1.32 bits per heavy atom. The van der Waals surface area contributed by atoms with Gasteiger partial charge in [-0.3, -0.25) is 14.2 Å². The van der Waals surface area contributed by atoms with Crippen molar-refractivity contribution in [1.29, 1.82) is 0 Å². The Balaban J connectivity index is 1.67. The fourth-order valence-corrected chi connectivity index (χ4v) is 4.57. The Hall–Kier alpha value is -2.47. The zero-order valence-corrected chi connectivity index (χ0v) is 14.8. The minimum absolute atomic E-state index is 0.0119. The van der Waals surface area contributed by atoms with Crippen LogP contribution in [0.3, 0.4) is 0 Å². The van der Waals surface area contributed by atoms with Crippen LogP contribution in [0, 0.1) is 0 Å². The highest BCUT2D eigenvalue weighted by atomic mass is 32.1. The molecule has 1 amide bonds. The number of amides is 1. The fraction of sp³-hybridized carbons (Fsp3) is 0.316. The van der Waals surface area contributed by atoms with Crippen molar-refractivity contribution < 1.29 is 4.79 Å². The summed E-state index contributed by atoms with van der Waals surface area (Å²) in [5, 5.41) is 2.10. The van der Waals surface area contributed by atoms with Crippen molar-refractivity contribution in [3.05, 3.63) is 62.7 Å². The van der Waals surface area contributed by atoms with Crippen LogP contribution in [-0.2, 0) is 17.8 Å². The van der Waals surface area contributed by atoms with Crippen LogP contribution in [-0.4, -0.2) is 26.9 Å². The molecule has 0 saturated carbocycles. The lowest BCUT2D eigenvalue weighted by molar-refractivity contribution is -0.134. The SMILES string of the molecule is CCC1c2ccsc2CCN1C(=O)Cn1c(=O)cnc2ccccc21. The summed E-state index contributed by atoms with van der Waals surface area (Å²) >= 11 is 1.77. The molecule has 0 bridgehead atoms. The lowest BCUT2D eigenvalue weighted by Gasteiger charge is -2.35. The number of hydrogen-bond acceptors (Lipinski definition) is 4. The van der Waals surface area contributed by atoms with E-state index >= 15 is 0 Å². The van der Waals surface area contributed by atoms with Gasteiger partial charge >= 0.3 is 0 Å². The Morgan fingerprint density at radius 2 is 2.16 bits per heavy atom. The third-order valence-electron chi connectivity index (χ3n) is 4.85. The summed E-state index contributed by atoms with van der Waals surface area (Å²) in [7, 11) is 0. The molecule has 2 aromatic heterocycles. The number of aromatic nitrogens is 2. The van der Waals surface area contributed by atoms with Crippen molar-refractivity contribution in [2.75, 3.05) is 6.54 Å². The smallest absolute Gasteiger partial charge is 0.269 e. The van der Waals surface area contributed by atoms with Gasteiger partial charge in [-0.2, -0.15) is 0 Å². The average molecular weight is 353 g/mol. The minimum Gasteiger partial charge on any atom is -0.334 e. The van der Waals surface area contributed by atoms with Crippen LogP contribution in [0.1, 0.15) is 29.8 Å². The first-order valence-corrected chi connectivity index (χ1v) is 9.37. The number of fused-ring (bicyclic) bond motifs is 2. The van der Waals surface area contributed by atoms with Crippen LogP contribution < -0.4 is 5.56 Å². The molecule has 1 unspecified atom stereocenters. The molecule has 1 aromatic carbocycles. The lowest BCUT2D eigenvalue weighted by atomic mass is 9.98. The molecular formula is C19H19N3O2S. The number of carbonyl (C=O) groups is 1. The number of rotatable bonds is 3. The summed E-state index contributed by atoms with van der Waals surface area (Å²) in [6.45, 7) is 2.87. The van der Waals surface area contributed by atoms with Gasteiger partial charge in [0.2, 0.25) is 5.91 Å². The van der Waals surface area contributed by atoms with Crippen molar-refractivity contribution in [2.24, 2.45) is 0 Å². The van der Waals surface area contributed by atoms with Crippen molar-refractivity contribution >= 4 is 28.3 Å². The number of thiophene rings is 1. The molecule has 4 rings (SSSR count). The molecule has 1 aliphatic heterocycles. The van der Waals surface area contributed by atoms with Crippen molar-refractivity contribution in [2.45, 2.75) is 32.4 Å². The number of benzene rings is 1. The zero-order valence-electron chi connectivity index (χ0n) is 14.0. The molecule has 25 heavy (non-hydrogen) atoms. The Morgan fingerprint density at radius 3 is 3.00 bits per heavy atom. The predicted octanol–water partition coefficient (Wildman–Crippen LogP) is 2.99.